The largest absolute Gasteiger partial charge is 0.369 e. The van der Waals surface area contributed by atoms with Gasteiger partial charge in [-0.1, -0.05) is 17.7 Å². The Morgan fingerprint density at radius 2 is 2.24 bits per heavy atom. The first kappa shape index (κ1) is 11.9. The van der Waals surface area contributed by atoms with E-state index in [0.29, 0.717) is 0 Å². The molecule has 0 aliphatic carbocycles. The SMILES string of the molecule is NC(=O)C1CC(=O)N(c2cccc(F)c2Cl)C1. The quantitative estimate of drug-likeness (QED) is 0.867. The predicted molar refractivity (Wildman–Crippen MR) is 61.1 cm³/mol. The van der Waals surface area contributed by atoms with Crippen LogP contribution in [0.5, 0.6) is 0 Å². The van der Waals surface area contributed by atoms with Gasteiger partial charge in [0.05, 0.1) is 11.6 Å². The molecule has 1 unspecified atom stereocenters. The second-order valence-corrected chi connectivity index (χ2v) is 4.26. The fourth-order valence-corrected chi connectivity index (χ4v) is 2.06. The Morgan fingerprint density at radius 3 is 2.82 bits per heavy atom. The number of nitrogens with zero attached hydrogens (tertiary/aromatic N) is 1. The van der Waals surface area contributed by atoms with Gasteiger partial charge in [0.2, 0.25) is 11.8 Å². The van der Waals surface area contributed by atoms with Gasteiger partial charge in [0, 0.05) is 13.0 Å². The average Bonchev–Trinajstić information content (AvgIpc) is 2.65. The number of hydrogen-bond acceptors (Lipinski definition) is 2. The summed E-state index contributed by atoms with van der Waals surface area (Å²) in [5.41, 5.74) is 5.42. The predicted octanol–water partition coefficient (Wildman–Crippen LogP) is 1.32. The summed E-state index contributed by atoms with van der Waals surface area (Å²) in [6.45, 7) is 0.150. The molecule has 17 heavy (non-hydrogen) atoms. The minimum atomic E-state index is -0.598. The van der Waals surface area contributed by atoms with E-state index in [1.165, 1.54) is 23.1 Å². The third kappa shape index (κ3) is 2.10. The molecule has 1 aliphatic heterocycles. The fourth-order valence-electron chi connectivity index (χ4n) is 1.83. The smallest absolute Gasteiger partial charge is 0.227 e. The van der Waals surface area contributed by atoms with Crippen molar-refractivity contribution in [2.24, 2.45) is 11.7 Å². The zero-order valence-corrected chi connectivity index (χ0v) is 9.58. The molecular formula is C11H10ClFN2O2. The average molecular weight is 257 g/mol. The van der Waals surface area contributed by atoms with Crippen molar-refractivity contribution in [3.8, 4) is 0 Å². The van der Waals surface area contributed by atoms with E-state index >= 15 is 0 Å². The third-order valence-electron chi connectivity index (χ3n) is 2.75. The number of nitrogens with two attached hydrogens (primary N) is 1. The highest BCUT2D eigenvalue weighted by atomic mass is 35.5. The van der Waals surface area contributed by atoms with Crippen LogP contribution in [0, 0.1) is 11.7 Å². The summed E-state index contributed by atoms with van der Waals surface area (Å²) in [7, 11) is 0. The molecule has 1 heterocycles. The number of hydrogen-bond donors (Lipinski definition) is 1. The lowest BCUT2D eigenvalue weighted by Crippen LogP contribution is -2.28. The Bertz CT molecular complexity index is 492. The van der Waals surface area contributed by atoms with Gasteiger partial charge in [-0.2, -0.15) is 0 Å². The molecule has 1 aliphatic rings. The van der Waals surface area contributed by atoms with Crippen molar-refractivity contribution in [2.45, 2.75) is 6.42 Å². The van der Waals surface area contributed by atoms with E-state index in [0.717, 1.165) is 0 Å². The van der Waals surface area contributed by atoms with Gasteiger partial charge in [0.15, 0.2) is 0 Å². The van der Waals surface area contributed by atoms with Crippen LogP contribution in [0.4, 0.5) is 10.1 Å². The third-order valence-corrected chi connectivity index (χ3v) is 3.12. The molecule has 6 heteroatoms. The number of halogens is 2. The minimum absolute atomic E-state index is 0.0438. The van der Waals surface area contributed by atoms with Crippen LogP contribution in [0.3, 0.4) is 0 Å². The molecule has 4 nitrogen and oxygen atoms in total. The van der Waals surface area contributed by atoms with Gasteiger partial charge in [-0.05, 0) is 12.1 Å². The summed E-state index contributed by atoms with van der Waals surface area (Å²) in [5.74, 6) is -1.95. The van der Waals surface area contributed by atoms with Gasteiger partial charge in [-0.15, -0.1) is 0 Å². The maximum absolute atomic E-state index is 13.3. The van der Waals surface area contributed by atoms with Crippen LogP contribution in [0.1, 0.15) is 6.42 Å². The first-order valence-corrected chi connectivity index (χ1v) is 5.42. The van der Waals surface area contributed by atoms with Gasteiger partial charge in [0.25, 0.3) is 0 Å². The van der Waals surface area contributed by atoms with Crippen molar-refractivity contribution in [1.29, 1.82) is 0 Å². The molecule has 0 bridgehead atoms. The van der Waals surface area contributed by atoms with E-state index in [1.54, 1.807) is 0 Å². The number of benzene rings is 1. The van der Waals surface area contributed by atoms with Crippen LogP contribution in [0.2, 0.25) is 5.02 Å². The van der Waals surface area contributed by atoms with Gasteiger partial charge >= 0.3 is 0 Å². The Hall–Kier alpha value is -1.62. The summed E-state index contributed by atoms with van der Waals surface area (Å²) in [4.78, 5) is 24.0. The van der Waals surface area contributed by atoms with E-state index in [9.17, 15) is 14.0 Å². The molecule has 1 aromatic rings. The molecule has 2 N–H and O–H groups in total. The topological polar surface area (TPSA) is 63.4 Å². The van der Waals surface area contributed by atoms with Gasteiger partial charge in [-0.25, -0.2) is 4.39 Å². The van der Waals surface area contributed by atoms with Gasteiger partial charge in [0.1, 0.15) is 10.8 Å². The summed E-state index contributed by atoms with van der Waals surface area (Å²) >= 11 is 5.78. The molecule has 0 radical (unpaired) electrons. The molecule has 0 saturated carbocycles. The Balaban J connectivity index is 2.32. The maximum Gasteiger partial charge on any atom is 0.227 e. The van der Waals surface area contributed by atoms with Crippen LogP contribution in [0.25, 0.3) is 0 Å². The van der Waals surface area contributed by atoms with Crippen molar-refractivity contribution in [3.05, 3.63) is 29.0 Å². The lowest BCUT2D eigenvalue weighted by atomic mass is 10.1. The first-order valence-electron chi connectivity index (χ1n) is 5.04. The van der Waals surface area contributed by atoms with Crippen LogP contribution in [0.15, 0.2) is 18.2 Å². The summed E-state index contributed by atoms with van der Waals surface area (Å²) < 4.78 is 13.3. The highest BCUT2D eigenvalue weighted by Gasteiger charge is 2.35. The maximum atomic E-state index is 13.3. The summed E-state index contributed by atoms with van der Waals surface area (Å²) in [6.07, 6.45) is 0.0438. The number of rotatable bonds is 2. The van der Waals surface area contributed by atoms with Crippen molar-refractivity contribution in [2.75, 3.05) is 11.4 Å². The summed E-state index contributed by atoms with van der Waals surface area (Å²) in [6, 6.07) is 4.20. The van der Waals surface area contributed by atoms with E-state index < -0.39 is 17.6 Å². The van der Waals surface area contributed by atoms with Crippen LogP contribution in [-0.4, -0.2) is 18.4 Å². The molecule has 2 rings (SSSR count). The van der Waals surface area contributed by atoms with Crippen LogP contribution < -0.4 is 10.6 Å². The van der Waals surface area contributed by atoms with Gasteiger partial charge < -0.3 is 10.6 Å². The normalized spacial score (nSPS) is 19.8. The van der Waals surface area contributed by atoms with E-state index in [1.807, 2.05) is 0 Å². The zero-order valence-electron chi connectivity index (χ0n) is 8.82. The van der Waals surface area contributed by atoms with Crippen molar-refractivity contribution in [1.82, 2.24) is 0 Å². The monoisotopic (exact) mass is 256 g/mol. The Kier molecular flexibility index (Phi) is 3.02. The molecule has 1 aromatic carbocycles. The molecule has 1 atom stereocenters. The summed E-state index contributed by atoms with van der Waals surface area (Å²) in [5, 5.41) is -0.119. The van der Waals surface area contributed by atoms with Crippen molar-refractivity contribution < 1.29 is 14.0 Å². The number of primary amides is 1. The standard InChI is InChI=1S/C11H10ClFN2O2/c12-10-7(13)2-1-3-8(10)15-5-6(11(14)17)4-9(15)16/h1-3,6H,4-5H2,(H2,14,17). The highest BCUT2D eigenvalue weighted by Crippen LogP contribution is 2.32. The number of amides is 2. The lowest BCUT2D eigenvalue weighted by Gasteiger charge is -2.17. The molecule has 2 amide bonds. The second kappa shape index (κ2) is 4.33. The number of anilines is 1. The molecule has 0 aromatic heterocycles. The lowest BCUT2D eigenvalue weighted by molar-refractivity contribution is -0.123. The molecule has 90 valence electrons. The van der Waals surface area contributed by atoms with E-state index in [2.05, 4.69) is 0 Å². The minimum Gasteiger partial charge on any atom is -0.369 e. The number of carbonyl (C=O) groups is 2. The van der Waals surface area contributed by atoms with Crippen LogP contribution >= 0.6 is 11.6 Å². The molecular weight excluding hydrogens is 247 g/mol. The number of carbonyl (C=O) groups excluding carboxylic acids is 2. The fraction of sp³-hybridized carbons (Fsp3) is 0.273. The molecule has 0 spiro atoms. The molecule has 1 fully saturated rings. The zero-order chi connectivity index (χ0) is 12.6. The van der Waals surface area contributed by atoms with Crippen LogP contribution in [-0.2, 0) is 9.59 Å². The van der Waals surface area contributed by atoms with E-state index in [-0.39, 0.29) is 29.6 Å². The van der Waals surface area contributed by atoms with Crippen molar-refractivity contribution >= 4 is 29.1 Å². The van der Waals surface area contributed by atoms with Gasteiger partial charge in [-0.3, -0.25) is 9.59 Å². The van der Waals surface area contributed by atoms with E-state index in [4.69, 9.17) is 17.3 Å². The Labute approximate surface area is 102 Å². The van der Waals surface area contributed by atoms with Crippen molar-refractivity contribution in [3.63, 3.8) is 0 Å². The first-order chi connectivity index (χ1) is 8.00. The molecule has 1 saturated heterocycles. The Morgan fingerprint density at radius 1 is 1.53 bits per heavy atom. The second-order valence-electron chi connectivity index (χ2n) is 3.88. The highest BCUT2D eigenvalue weighted by molar-refractivity contribution is 6.34.